The topological polar surface area (TPSA) is 20.2 Å². The molecule has 0 aliphatic carbocycles. The van der Waals surface area contributed by atoms with Crippen molar-refractivity contribution in [3.05, 3.63) is 0 Å². The van der Waals surface area contributed by atoms with E-state index in [1.165, 1.54) is 121 Å². The molecule has 0 aromatic heterocycles. The molecule has 0 amide bonds. The fourth-order valence-electron chi connectivity index (χ4n) is 4.44. The molecule has 0 atom stereocenters. The zero-order chi connectivity index (χ0) is 20.3. The normalized spacial score (nSPS) is 13.6. The molecule has 0 aliphatic heterocycles. The molecule has 0 aliphatic rings. The Hall–Kier alpha value is 0.680. The third kappa shape index (κ3) is 14.3. The molecule has 0 saturated carbocycles. The summed E-state index contributed by atoms with van der Waals surface area (Å²) in [5, 5.41) is 9.06. The second kappa shape index (κ2) is 17.5. The van der Waals surface area contributed by atoms with Crippen molar-refractivity contribution in [2.75, 3.05) is 31.3 Å². The summed E-state index contributed by atoms with van der Waals surface area (Å²) in [7, 11) is 0. The SMILES string of the molecule is CCCCCCP(Cl)(CCCCCC)(CCCCCC)CCCCCCO. The van der Waals surface area contributed by atoms with E-state index in [4.69, 9.17) is 16.3 Å². The van der Waals surface area contributed by atoms with Crippen LogP contribution in [0.15, 0.2) is 0 Å². The van der Waals surface area contributed by atoms with Gasteiger partial charge in [0.2, 0.25) is 0 Å². The first-order valence-electron chi connectivity index (χ1n) is 12.4. The Morgan fingerprint density at radius 1 is 0.481 bits per heavy atom. The summed E-state index contributed by atoms with van der Waals surface area (Å²) in [6.45, 7) is 7.25. The predicted molar refractivity (Wildman–Crippen MR) is 130 cm³/mol. The van der Waals surface area contributed by atoms with Crippen molar-refractivity contribution in [3.63, 3.8) is 0 Å². The van der Waals surface area contributed by atoms with Crippen LogP contribution >= 0.6 is 17.2 Å². The molecule has 1 N–H and O–H groups in total. The Balaban J connectivity index is 4.94. The molecule has 0 radical (unpaired) electrons. The molecule has 0 aromatic rings. The van der Waals surface area contributed by atoms with Gasteiger partial charge in [-0.05, 0) is 0 Å². The molecule has 0 spiro atoms. The number of aliphatic hydroxyl groups excluding tert-OH is 1. The molecule has 0 unspecified atom stereocenters. The third-order valence-electron chi connectivity index (χ3n) is 6.34. The van der Waals surface area contributed by atoms with Crippen LogP contribution in [0, 0.1) is 0 Å². The maximum atomic E-state index is 9.06. The summed E-state index contributed by atoms with van der Waals surface area (Å²) in [5.74, 6) is -2.09. The summed E-state index contributed by atoms with van der Waals surface area (Å²) in [5.41, 5.74) is 0. The van der Waals surface area contributed by atoms with Crippen LogP contribution in [0.25, 0.3) is 0 Å². The van der Waals surface area contributed by atoms with Crippen LogP contribution < -0.4 is 0 Å². The fourth-order valence-corrected chi connectivity index (χ4v) is 11.3. The second-order valence-corrected chi connectivity index (χ2v) is 17.3. The van der Waals surface area contributed by atoms with Crippen LogP contribution in [0.3, 0.4) is 0 Å². The molecule has 0 fully saturated rings. The Labute approximate surface area is 177 Å². The number of halogens is 1. The van der Waals surface area contributed by atoms with E-state index in [-0.39, 0.29) is 0 Å². The van der Waals surface area contributed by atoms with E-state index in [9.17, 15) is 0 Å². The minimum atomic E-state index is -2.09. The monoisotopic (exact) mass is 422 g/mol. The quantitative estimate of drug-likeness (QED) is 0.144. The van der Waals surface area contributed by atoms with Gasteiger partial charge in [0.25, 0.3) is 0 Å². The molecular weight excluding hydrogens is 371 g/mol. The molecule has 27 heavy (non-hydrogen) atoms. The van der Waals surface area contributed by atoms with Gasteiger partial charge in [-0.2, -0.15) is 0 Å². The number of hydrogen-bond acceptors (Lipinski definition) is 1. The van der Waals surface area contributed by atoms with Crippen LogP contribution in [-0.4, -0.2) is 36.4 Å². The van der Waals surface area contributed by atoms with Crippen LogP contribution in [0.5, 0.6) is 0 Å². The van der Waals surface area contributed by atoms with Gasteiger partial charge in [0.05, 0.1) is 0 Å². The maximum absolute atomic E-state index is 9.06. The zero-order valence-electron chi connectivity index (χ0n) is 19.1. The molecule has 166 valence electrons. The summed E-state index contributed by atoms with van der Waals surface area (Å²) in [4.78, 5) is 0. The first-order valence-corrected chi connectivity index (χ1v) is 16.3. The van der Waals surface area contributed by atoms with Gasteiger partial charge in [-0.25, -0.2) is 0 Å². The van der Waals surface area contributed by atoms with Crippen molar-refractivity contribution in [1.29, 1.82) is 0 Å². The van der Waals surface area contributed by atoms with Gasteiger partial charge in [0, 0.05) is 0 Å². The van der Waals surface area contributed by atoms with Gasteiger partial charge >= 0.3 is 177 Å². The first kappa shape index (κ1) is 27.7. The molecule has 0 saturated heterocycles. The molecule has 0 aromatic carbocycles. The molecule has 1 nitrogen and oxygen atoms in total. The van der Waals surface area contributed by atoms with Crippen LogP contribution in [0.4, 0.5) is 0 Å². The number of rotatable bonds is 21. The zero-order valence-corrected chi connectivity index (χ0v) is 20.8. The van der Waals surface area contributed by atoms with E-state index >= 15 is 0 Å². The molecule has 0 rings (SSSR count). The van der Waals surface area contributed by atoms with E-state index in [0.29, 0.717) is 6.61 Å². The standard InChI is InChI=1S/C24H52ClOP/c1-4-7-10-16-21-27(25,22-17-11-8-5-2,23-18-12-9-6-3)24-19-14-13-15-20-26/h26H,4-24H2,1-3H3. The van der Waals surface area contributed by atoms with Crippen molar-refractivity contribution < 1.29 is 5.11 Å². The third-order valence-corrected chi connectivity index (χ3v) is 14.1. The van der Waals surface area contributed by atoms with Crippen molar-refractivity contribution in [2.45, 2.75) is 124 Å². The van der Waals surface area contributed by atoms with E-state index in [1.807, 2.05) is 0 Å². The summed E-state index contributed by atoms with van der Waals surface area (Å²) < 4.78 is 0. The summed E-state index contributed by atoms with van der Waals surface area (Å²) in [6, 6.07) is 0. The van der Waals surface area contributed by atoms with Gasteiger partial charge in [-0.1, -0.05) is 0 Å². The van der Waals surface area contributed by atoms with Gasteiger partial charge in [-0.3, -0.25) is 0 Å². The predicted octanol–water partition coefficient (Wildman–Crippen LogP) is 8.99. The van der Waals surface area contributed by atoms with Crippen molar-refractivity contribution in [1.82, 2.24) is 0 Å². The number of unbranched alkanes of at least 4 members (excludes halogenated alkanes) is 12. The minimum absolute atomic E-state index is 0.343. The average Bonchev–Trinajstić information content (AvgIpc) is 2.67. The first-order chi connectivity index (χ1) is 13.0. The van der Waals surface area contributed by atoms with E-state index < -0.39 is 5.96 Å². The Kier molecular flexibility index (Phi) is 18.0. The summed E-state index contributed by atoms with van der Waals surface area (Å²) >= 11 is 7.83. The van der Waals surface area contributed by atoms with Gasteiger partial charge in [0.1, 0.15) is 0 Å². The molecule has 0 bridgehead atoms. The van der Waals surface area contributed by atoms with E-state index in [1.54, 1.807) is 0 Å². The summed E-state index contributed by atoms with van der Waals surface area (Å²) in [6.07, 6.45) is 26.2. The Morgan fingerprint density at radius 2 is 0.778 bits per heavy atom. The van der Waals surface area contributed by atoms with Crippen molar-refractivity contribution in [2.24, 2.45) is 0 Å². The molecular formula is C24H52ClOP. The van der Waals surface area contributed by atoms with Gasteiger partial charge in [-0.15, -0.1) is 0 Å². The van der Waals surface area contributed by atoms with Gasteiger partial charge in [0.15, 0.2) is 0 Å². The van der Waals surface area contributed by atoms with Crippen molar-refractivity contribution in [3.8, 4) is 0 Å². The Bertz CT molecular complexity index is 287. The van der Waals surface area contributed by atoms with Gasteiger partial charge < -0.3 is 0 Å². The number of hydrogen-bond donors (Lipinski definition) is 1. The number of aliphatic hydroxyl groups is 1. The van der Waals surface area contributed by atoms with Crippen LogP contribution in [0.1, 0.15) is 124 Å². The second-order valence-electron chi connectivity index (χ2n) is 9.03. The molecule has 0 heterocycles. The molecule has 3 heteroatoms. The Morgan fingerprint density at radius 3 is 1.07 bits per heavy atom. The van der Waals surface area contributed by atoms with Crippen molar-refractivity contribution >= 4 is 17.2 Å². The average molecular weight is 423 g/mol. The van der Waals surface area contributed by atoms with E-state index in [2.05, 4.69) is 20.8 Å². The fraction of sp³-hybridized carbons (Fsp3) is 1.00. The van der Waals surface area contributed by atoms with Crippen LogP contribution in [-0.2, 0) is 0 Å². The van der Waals surface area contributed by atoms with Crippen LogP contribution in [0.2, 0.25) is 0 Å². The van der Waals surface area contributed by atoms with E-state index in [0.717, 1.165) is 6.42 Å².